The van der Waals surface area contributed by atoms with Crippen molar-refractivity contribution in [3.05, 3.63) is 35.4 Å². The lowest BCUT2D eigenvalue weighted by Crippen LogP contribution is -2.53. The minimum absolute atomic E-state index is 0.117. The van der Waals surface area contributed by atoms with Crippen molar-refractivity contribution in [1.82, 2.24) is 15.1 Å². The van der Waals surface area contributed by atoms with Gasteiger partial charge < -0.3 is 24.0 Å². The van der Waals surface area contributed by atoms with Crippen LogP contribution in [0.15, 0.2) is 30.3 Å². The first kappa shape index (κ1) is 24.5. The van der Waals surface area contributed by atoms with Crippen molar-refractivity contribution in [1.29, 1.82) is 0 Å². The molecule has 2 aliphatic heterocycles. The molecular weight excluding hydrogens is 456 g/mol. The van der Waals surface area contributed by atoms with Crippen molar-refractivity contribution in [2.45, 2.75) is 70.2 Å². The number of piperidine rings is 1. The molecule has 0 saturated carbocycles. The monoisotopic (exact) mass is 488 g/mol. The fourth-order valence-corrected chi connectivity index (χ4v) is 5.03. The zero-order valence-electron chi connectivity index (χ0n) is 20.5. The molecule has 0 radical (unpaired) electrons. The van der Waals surface area contributed by atoms with Gasteiger partial charge in [0.05, 0.1) is 5.69 Å². The summed E-state index contributed by atoms with van der Waals surface area (Å²) in [7, 11) is 3.62. The van der Waals surface area contributed by atoms with Gasteiger partial charge in [0.15, 0.2) is 12.6 Å². The average molecular weight is 489 g/mol. The third-order valence-corrected chi connectivity index (χ3v) is 6.66. The van der Waals surface area contributed by atoms with Gasteiger partial charge in [0, 0.05) is 42.9 Å². The number of anilines is 1. The Morgan fingerprint density at radius 3 is 2.44 bits per heavy atom. The van der Waals surface area contributed by atoms with Crippen LogP contribution in [0.3, 0.4) is 0 Å². The van der Waals surface area contributed by atoms with E-state index in [4.69, 9.17) is 25.8 Å². The van der Waals surface area contributed by atoms with Crippen LogP contribution in [0, 0.1) is 0 Å². The summed E-state index contributed by atoms with van der Waals surface area (Å²) in [5.74, 6) is 1.39. The summed E-state index contributed by atoms with van der Waals surface area (Å²) in [5.41, 5.74) is 1.01. The number of halogens is 1. The number of fused-ring (bicyclic) bond motifs is 2. The summed E-state index contributed by atoms with van der Waals surface area (Å²) < 4.78 is 16.3. The van der Waals surface area contributed by atoms with Gasteiger partial charge in [-0.15, -0.1) is 10.2 Å². The topological polar surface area (TPSA) is 77.0 Å². The van der Waals surface area contributed by atoms with Gasteiger partial charge in [-0.2, -0.15) is 0 Å². The summed E-state index contributed by atoms with van der Waals surface area (Å²) in [4.78, 5) is 16.9. The number of nitrogens with zero attached hydrogens (tertiary/aromatic N) is 4. The Balaban J connectivity index is 1.45. The van der Waals surface area contributed by atoms with Crippen LogP contribution in [0.1, 0.15) is 46.5 Å². The van der Waals surface area contributed by atoms with Crippen molar-refractivity contribution in [2.24, 2.45) is 0 Å². The highest BCUT2D eigenvalue weighted by molar-refractivity contribution is 6.30. The third-order valence-electron chi connectivity index (χ3n) is 6.42. The zero-order valence-corrected chi connectivity index (χ0v) is 21.2. The summed E-state index contributed by atoms with van der Waals surface area (Å²) in [5, 5.41) is 9.53. The van der Waals surface area contributed by atoms with Crippen LogP contribution in [0.2, 0.25) is 5.02 Å². The van der Waals surface area contributed by atoms with Gasteiger partial charge in [-0.25, -0.2) is 4.79 Å². The normalized spacial score (nSPS) is 21.9. The first-order valence-electron chi connectivity index (χ1n) is 11.7. The number of amides is 1. The lowest BCUT2D eigenvalue weighted by atomic mass is 9.96. The molecule has 9 heteroatoms. The van der Waals surface area contributed by atoms with Gasteiger partial charge in [-0.1, -0.05) is 11.6 Å². The van der Waals surface area contributed by atoms with Crippen LogP contribution >= 0.6 is 11.6 Å². The quantitative estimate of drug-likeness (QED) is 0.520. The summed E-state index contributed by atoms with van der Waals surface area (Å²) >= 11 is 6.13. The third kappa shape index (κ3) is 5.39. The Hall–Kier alpha value is -2.58. The predicted molar refractivity (Wildman–Crippen MR) is 131 cm³/mol. The second-order valence-electron chi connectivity index (χ2n) is 9.98. The maximum atomic E-state index is 12.7. The highest BCUT2D eigenvalue weighted by atomic mass is 35.5. The van der Waals surface area contributed by atoms with E-state index in [1.165, 1.54) is 0 Å². The number of aromatic nitrogens is 2. The molecule has 1 aromatic heterocycles. The Labute approximate surface area is 206 Å². The number of carbonyl (C=O) groups is 1. The van der Waals surface area contributed by atoms with Gasteiger partial charge in [0.25, 0.3) is 0 Å². The maximum absolute atomic E-state index is 12.7. The van der Waals surface area contributed by atoms with E-state index >= 15 is 0 Å². The Morgan fingerprint density at radius 1 is 1.15 bits per heavy atom. The first-order valence-corrected chi connectivity index (χ1v) is 12.0. The molecule has 2 aliphatic rings. The molecule has 0 aliphatic carbocycles. The van der Waals surface area contributed by atoms with Crippen molar-refractivity contribution in [3.63, 3.8) is 0 Å². The van der Waals surface area contributed by atoms with Crippen molar-refractivity contribution in [3.8, 4) is 17.0 Å². The molecule has 1 amide bonds. The van der Waals surface area contributed by atoms with Crippen LogP contribution in [0.5, 0.6) is 5.75 Å². The largest absolute Gasteiger partial charge is 0.467 e. The minimum atomic E-state index is -0.486. The number of methoxy groups -OCH3 is 1. The Kier molecular flexibility index (Phi) is 7.19. The fourth-order valence-electron chi connectivity index (χ4n) is 4.87. The van der Waals surface area contributed by atoms with Gasteiger partial charge in [-0.05, 0) is 76.8 Å². The van der Waals surface area contributed by atoms with Crippen molar-refractivity contribution < 1.29 is 19.0 Å². The number of benzene rings is 1. The molecule has 2 unspecified atom stereocenters. The molecule has 0 spiro atoms. The SMILES string of the molecule is COCOc1cc(Cl)ccc1-c1ccc(N(C)C2CC3CCC(C2)N3C(=O)OC(C)(C)C)nn1. The van der Waals surface area contributed by atoms with E-state index < -0.39 is 5.60 Å². The van der Waals surface area contributed by atoms with E-state index in [0.717, 1.165) is 37.1 Å². The molecule has 184 valence electrons. The molecule has 2 atom stereocenters. The first-order chi connectivity index (χ1) is 16.2. The molecule has 2 saturated heterocycles. The van der Waals surface area contributed by atoms with Gasteiger partial charge in [0.2, 0.25) is 0 Å². The van der Waals surface area contributed by atoms with Crippen molar-refractivity contribution in [2.75, 3.05) is 25.9 Å². The number of hydrogen-bond donors (Lipinski definition) is 0. The standard InChI is InChI=1S/C25H33ClN4O4/c1-25(2,3)34-24(31)30-17-7-8-18(30)14-19(13-17)29(4)23-11-10-21(27-28-23)20-9-6-16(26)12-22(20)33-15-32-5/h6,9-12,17-19H,7-8,13-15H2,1-5H3. The van der Waals surface area contributed by atoms with E-state index in [-0.39, 0.29) is 31.0 Å². The van der Waals surface area contributed by atoms with Crippen LogP contribution in [-0.4, -0.2) is 65.9 Å². The van der Waals surface area contributed by atoms with E-state index in [9.17, 15) is 4.79 Å². The highest BCUT2D eigenvalue weighted by Gasteiger charge is 2.45. The fraction of sp³-hybridized carbons (Fsp3) is 0.560. The molecule has 8 nitrogen and oxygen atoms in total. The molecule has 3 heterocycles. The second-order valence-corrected chi connectivity index (χ2v) is 10.4. The molecule has 2 aromatic rings. The lowest BCUT2D eigenvalue weighted by molar-refractivity contribution is 0.00596. The van der Waals surface area contributed by atoms with E-state index in [1.54, 1.807) is 19.2 Å². The molecule has 2 fully saturated rings. The van der Waals surface area contributed by atoms with Gasteiger partial charge in [-0.3, -0.25) is 0 Å². The van der Waals surface area contributed by atoms with Crippen LogP contribution in [-0.2, 0) is 9.47 Å². The summed E-state index contributed by atoms with van der Waals surface area (Å²) in [6.07, 6.45) is 3.61. The number of rotatable bonds is 6. The minimum Gasteiger partial charge on any atom is -0.467 e. The molecule has 2 bridgehead atoms. The molecule has 1 aromatic carbocycles. The van der Waals surface area contributed by atoms with Crippen LogP contribution < -0.4 is 9.64 Å². The Bertz CT molecular complexity index is 997. The van der Waals surface area contributed by atoms with Crippen LogP contribution in [0.4, 0.5) is 10.6 Å². The Morgan fingerprint density at radius 2 is 1.85 bits per heavy atom. The average Bonchev–Trinajstić information content (AvgIpc) is 3.06. The maximum Gasteiger partial charge on any atom is 0.410 e. The van der Waals surface area contributed by atoms with E-state index in [2.05, 4.69) is 15.1 Å². The van der Waals surface area contributed by atoms with Crippen LogP contribution in [0.25, 0.3) is 11.3 Å². The van der Waals surface area contributed by atoms with E-state index in [1.807, 2.05) is 50.9 Å². The number of hydrogen-bond acceptors (Lipinski definition) is 7. The number of ether oxygens (including phenoxy) is 3. The van der Waals surface area contributed by atoms with Gasteiger partial charge in [0.1, 0.15) is 11.4 Å². The number of carbonyl (C=O) groups excluding carboxylic acids is 1. The molecular formula is C25H33ClN4O4. The van der Waals surface area contributed by atoms with E-state index in [0.29, 0.717) is 16.5 Å². The van der Waals surface area contributed by atoms with Crippen molar-refractivity contribution >= 4 is 23.5 Å². The zero-order chi connectivity index (χ0) is 24.5. The second kappa shape index (κ2) is 9.96. The van der Waals surface area contributed by atoms with Gasteiger partial charge >= 0.3 is 6.09 Å². The predicted octanol–water partition coefficient (Wildman–Crippen LogP) is 5.15. The molecule has 34 heavy (non-hydrogen) atoms. The summed E-state index contributed by atoms with van der Waals surface area (Å²) in [6, 6.07) is 9.99. The molecule has 4 rings (SSSR count). The highest BCUT2D eigenvalue weighted by Crippen LogP contribution is 2.39. The molecule has 0 N–H and O–H groups in total. The lowest BCUT2D eigenvalue weighted by Gasteiger charge is -2.42. The smallest absolute Gasteiger partial charge is 0.410 e. The summed E-state index contributed by atoms with van der Waals surface area (Å²) in [6.45, 7) is 5.84.